The van der Waals surface area contributed by atoms with E-state index in [1.165, 1.54) is 6.07 Å². The number of benzene rings is 2. The van der Waals surface area contributed by atoms with Crippen LogP contribution in [0.4, 0.5) is 9.18 Å². The highest BCUT2D eigenvalue weighted by molar-refractivity contribution is 7.90. The summed E-state index contributed by atoms with van der Waals surface area (Å²) in [6.07, 6.45) is 1.38. The molecule has 0 unspecified atom stereocenters. The Hall–Kier alpha value is -5.49. The fraction of sp³-hybridized carbons (Fsp3) is 0.419. The van der Waals surface area contributed by atoms with E-state index in [1.807, 2.05) is 0 Å². The van der Waals surface area contributed by atoms with Gasteiger partial charge in [0.05, 0.1) is 46.8 Å². The van der Waals surface area contributed by atoms with Crippen LogP contribution in [-0.2, 0) is 71.8 Å². The van der Waals surface area contributed by atoms with Crippen molar-refractivity contribution in [3.8, 4) is 11.4 Å². The molecule has 2 aromatic carbocycles. The molecular formula is C43H48FN5O10S. The van der Waals surface area contributed by atoms with E-state index in [2.05, 4.69) is 11.9 Å². The lowest BCUT2D eigenvalue weighted by atomic mass is 9.81. The van der Waals surface area contributed by atoms with Gasteiger partial charge in [0.25, 0.3) is 5.56 Å². The number of nitrogens with zero attached hydrogens (tertiary/aromatic N) is 3. The van der Waals surface area contributed by atoms with Crippen LogP contribution in [0.1, 0.15) is 77.2 Å². The highest BCUT2D eigenvalue weighted by Crippen LogP contribution is 2.46. The van der Waals surface area contributed by atoms with Crippen LogP contribution < -0.4 is 16.6 Å². The average molecular weight is 846 g/mol. The predicted molar refractivity (Wildman–Crippen MR) is 219 cm³/mol. The van der Waals surface area contributed by atoms with Gasteiger partial charge in [0.2, 0.25) is 5.91 Å². The van der Waals surface area contributed by atoms with Gasteiger partial charge in [-0.15, -0.1) is 0 Å². The Bertz CT molecular complexity index is 2610. The minimum atomic E-state index is -3.49. The molecule has 60 heavy (non-hydrogen) atoms. The van der Waals surface area contributed by atoms with Crippen molar-refractivity contribution in [2.45, 2.75) is 83.9 Å². The summed E-state index contributed by atoms with van der Waals surface area (Å²) < 4.78 is 57.7. The van der Waals surface area contributed by atoms with Gasteiger partial charge in [-0.1, -0.05) is 37.8 Å². The molecule has 4 N–H and O–H groups in total. The topological polar surface area (TPSA) is 209 Å². The normalized spacial score (nSPS) is 18.2. The van der Waals surface area contributed by atoms with E-state index in [0.29, 0.717) is 68.5 Å². The van der Waals surface area contributed by atoms with Crippen molar-refractivity contribution >= 4 is 38.5 Å². The summed E-state index contributed by atoms with van der Waals surface area (Å²) in [5.74, 6) is -1.31. The van der Waals surface area contributed by atoms with Gasteiger partial charge in [-0.2, -0.15) is 0 Å². The second-order valence-corrected chi connectivity index (χ2v) is 18.0. The number of pyridine rings is 2. The fourth-order valence-electron chi connectivity index (χ4n) is 8.13. The Kier molecular flexibility index (Phi) is 11.7. The molecule has 0 spiro atoms. The Morgan fingerprint density at radius 2 is 1.90 bits per heavy atom. The van der Waals surface area contributed by atoms with E-state index in [0.717, 1.165) is 22.3 Å². The number of amides is 2. The maximum atomic E-state index is 15.4. The number of aliphatic hydroxyl groups is 1. The van der Waals surface area contributed by atoms with Crippen LogP contribution in [0.2, 0.25) is 0 Å². The van der Waals surface area contributed by atoms with Gasteiger partial charge in [-0.3, -0.25) is 19.3 Å². The van der Waals surface area contributed by atoms with Crippen molar-refractivity contribution in [1.82, 2.24) is 19.8 Å². The molecule has 0 saturated carbocycles. The molecule has 2 amide bonds. The van der Waals surface area contributed by atoms with Gasteiger partial charge in [0.1, 0.15) is 53.6 Å². The molecule has 0 saturated heterocycles. The quantitative estimate of drug-likeness (QED) is 0.137. The number of fused-ring (bicyclic) bond motifs is 5. The molecule has 0 bridgehead atoms. The molecule has 15 nitrogen and oxygen atoms in total. The number of carbonyl (C=O) groups excluding carboxylic acids is 3. The summed E-state index contributed by atoms with van der Waals surface area (Å²) in [6.45, 7) is 7.67. The van der Waals surface area contributed by atoms with Crippen LogP contribution in [0, 0.1) is 12.7 Å². The SMILES string of the molecule is C=C1OCc2c(cc3n(c2=O)Cc2c-3nc3cc(F)c(C)c4c3c2[C@@H](NC(=O)COCN(CCS(C)(=O)=O)C(=O)OCc2ccc(CC(=O)[C@H](C)N)cc2)CC4)[C@@]1(O)CC. The molecule has 0 radical (unpaired) electrons. The van der Waals surface area contributed by atoms with Crippen molar-refractivity contribution in [2.24, 2.45) is 5.73 Å². The summed E-state index contributed by atoms with van der Waals surface area (Å²) in [6, 6.07) is 8.76. The maximum Gasteiger partial charge on any atom is 0.411 e. The highest BCUT2D eigenvalue weighted by Gasteiger charge is 2.42. The standard InChI is InChI=1S/C43H48FN5O10S/c1-6-43(54)25(4)58-20-30-31(43)16-35-40-29(18-49(35)41(30)52)39-33(12-11-28-23(2)32(44)17-34(47-40)38(28)39)46-37(51)21-57-22-48(13-14-60(5,55)56)42(53)59-19-27-9-7-26(8-10-27)15-36(50)24(3)45/h7-10,16-17,24,33,54H,4,6,11-15,18-22,45H2,1-3,5H3,(H,46,51)/t24-,33-,43+/m0/s1. The number of sulfone groups is 1. The number of hydrogen-bond acceptors (Lipinski definition) is 12. The van der Waals surface area contributed by atoms with Crippen LogP contribution in [0.5, 0.6) is 0 Å². The summed E-state index contributed by atoms with van der Waals surface area (Å²) in [5, 5.41) is 15.3. The van der Waals surface area contributed by atoms with E-state index in [1.54, 1.807) is 55.7 Å². The number of halogens is 1. The zero-order chi connectivity index (χ0) is 43.3. The molecule has 318 valence electrons. The largest absolute Gasteiger partial charge is 0.490 e. The molecule has 3 aliphatic rings. The van der Waals surface area contributed by atoms with Gasteiger partial charge in [-0.25, -0.2) is 22.6 Å². The number of nitrogens with one attached hydrogen (secondary N) is 1. The minimum Gasteiger partial charge on any atom is -0.490 e. The molecule has 1 aliphatic carbocycles. The third kappa shape index (κ3) is 8.18. The van der Waals surface area contributed by atoms with Crippen molar-refractivity contribution in [1.29, 1.82) is 0 Å². The molecule has 3 atom stereocenters. The molecule has 4 heterocycles. The lowest BCUT2D eigenvalue weighted by Crippen LogP contribution is -2.39. The second kappa shape index (κ2) is 16.5. The molecule has 0 fully saturated rings. The number of nitrogens with two attached hydrogens (primary N) is 1. The third-order valence-electron chi connectivity index (χ3n) is 11.6. The predicted octanol–water partition coefficient (Wildman–Crippen LogP) is 3.73. The van der Waals surface area contributed by atoms with E-state index < -0.39 is 58.7 Å². The van der Waals surface area contributed by atoms with Gasteiger partial charge in [0, 0.05) is 41.8 Å². The average Bonchev–Trinajstić information content (AvgIpc) is 3.57. The lowest BCUT2D eigenvalue weighted by Gasteiger charge is -2.35. The first-order valence-corrected chi connectivity index (χ1v) is 21.7. The highest BCUT2D eigenvalue weighted by atomic mass is 32.2. The van der Waals surface area contributed by atoms with Gasteiger partial charge in [-0.05, 0) is 67.0 Å². The number of rotatable bonds is 14. The molecule has 4 aromatic rings. The third-order valence-corrected chi connectivity index (χ3v) is 12.5. The van der Waals surface area contributed by atoms with Crippen LogP contribution in [0.25, 0.3) is 22.3 Å². The maximum absolute atomic E-state index is 15.4. The summed E-state index contributed by atoms with van der Waals surface area (Å²) in [5.41, 5.74) is 9.63. The molecule has 2 aromatic heterocycles. The number of aryl methyl sites for hydroxylation is 1. The Morgan fingerprint density at radius 1 is 1.18 bits per heavy atom. The van der Waals surface area contributed by atoms with Crippen LogP contribution >= 0.6 is 0 Å². The minimum absolute atomic E-state index is 0.0574. The Morgan fingerprint density at radius 3 is 2.58 bits per heavy atom. The van der Waals surface area contributed by atoms with Gasteiger partial charge >= 0.3 is 6.09 Å². The van der Waals surface area contributed by atoms with Crippen LogP contribution in [0.15, 0.2) is 53.5 Å². The van der Waals surface area contributed by atoms with E-state index in [9.17, 15) is 32.7 Å². The second-order valence-electron chi connectivity index (χ2n) is 15.8. The van der Waals surface area contributed by atoms with E-state index in [-0.39, 0.29) is 62.0 Å². The number of carbonyl (C=O) groups is 3. The first-order valence-electron chi connectivity index (χ1n) is 19.7. The van der Waals surface area contributed by atoms with Gasteiger partial charge < -0.3 is 34.9 Å². The number of aromatic nitrogens is 2. The van der Waals surface area contributed by atoms with Crippen LogP contribution in [-0.4, -0.2) is 83.7 Å². The van der Waals surface area contributed by atoms with Crippen molar-refractivity contribution in [3.63, 3.8) is 0 Å². The smallest absolute Gasteiger partial charge is 0.411 e. The molecular weight excluding hydrogens is 798 g/mol. The van der Waals surface area contributed by atoms with E-state index in [4.69, 9.17) is 24.9 Å². The Labute approximate surface area is 346 Å². The summed E-state index contributed by atoms with van der Waals surface area (Å²) in [7, 11) is -3.49. The van der Waals surface area contributed by atoms with Crippen LogP contribution in [0.3, 0.4) is 0 Å². The molecule has 2 aliphatic heterocycles. The fourth-order valence-corrected chi connectivity index (χ4v) is 8.69. The monoisotopic (exact) mass is 845 g/mol. The molecule has 7 rings (SSSR count). The first-order chi connectivity index (χ1) is 28.4. The Balaban J connectivity index is 1.09. The summed E-state index contributed by atoms with van der Waals surface area (Å²) >= 11 is 0. The summed E-state index contributed by atoms with van der Waals surface area (Å²) in [4.78, 5) is 58.7. The number of ether oxygens (including phenoxy) is 3. The van der Waals surface area contributed by atoms with E-state index >= 15 is 4.39 Å². The number of ketones is 1. The zero-order valence-electron chi connectivity index (χ0n) is 33.9. The van der Waals surface area contributed by atoms with Gasteiger partial charge in [0.15, 0.2) is 5.78 Å². The zero-order valence-corrected chi connectivity index (χ0v) is 34.7. The van der Waals surface area contributed by atoms with Crippen molar-refractivity contribution in [3.05, 3.63) is 109 Å². The first kappa shape index (κ1) is 42.6. The van der Waals surface area contributed by atoms with Crippen molar-refractivity contribution in [2.75, 3.05) is 31.9 Å². The number of hydrogen-bond donors (Lipinski definition) is 3. The lowest BCUT2D eigenvalue weighted by molar-refractivity contribution is -0.128. The number of Topliss-reactive ketones (excluding diaryl/α,β-unsaturated/α-hetero) is 1. The molecule has 17 heteroatoms. The van der Waals surface area contributed by atoms with Crippen molar-refractivity contribution < 1.29 is 46.5 Å².